The fraction of sp³-hybridized carbons (Fsp3) is 0. The summed E-state index contributed by atoms with van der Waals surface area (Å²) in [7, 11) is 0. The van der Waals surface area contributed by atoms with Crippen LogP contribution in [-0.4, -0.2) is 9.13 Å². The minimum Gasteiger partial charge on any atom is -0.309 e. The van der Waals surface area contributed by atoms with Gasteiger partial charge < -0.3 is 9.13 Å². The molecule has 0 saturated heterocycles. The van der Waals surface area contributed by atoms with E-state index in [-0.39, 0.29) is 0 Å². The van der Waals surface area contributed by atoms with E-state index in [0.717, 1.165) is 0 Å². The number of rotatable bonds is 2. The maximum atomic E-state index is 2.47. The van der Waals surface area contributed by atoms with Crippen LogP contribution in [0.2, 0.25) is 0 Å². The number of aromatic nitrogens is 2. The highest BCUT2D eigenvalue weighted by Gasteiger charge is 2.23. The molecule has 0 amide bonds. The molecule has 3 heterocycles. The maximum Gasteiger partial charge on any atom is 0.0634 e. The Morgan fingerprint density at radius 2 is 0.860 bits per heavy atom. The zero-order valence-electron chi connectivity index (χ0n) is 23.2. The van der Waals surface area contributed by atoms with Gasteiger partial charge in [0.2, 0.25) is 0 Å². The second kappa shape index (κ2) is 8.57. The number of thiophene rings is 1. The van der Waals surface area contributed by atoms with E-state index in [1.165, 1.54) is 85.9 Å². The van der Waals surface area contributed by atoms with E-state index >= 15 is 0 Å². The van der Waals surface area contributed by atoms with Crippen molar-refractivity contribution in [3.8, 4) is 11.4 Å². The van der Waals surface area contributed by atoms with E-state index < -0.39 is 0 Å². The highest BCUT2D eigenvalue weighted by Crippen LogP contribution is 2.50. The second-order valence-electron chi connectivity index (χ2n) is 11.3. The van der Waals surface area contributed by atoms with Gasteiger partial charge in [-0.25, -0.2) is 0 Å². The van der Waals surface area contributed by atoms with E-state index in [9.17, 15) is 0 Å². The van der Waals surface area contributed by atoms with Gasteiger partial charge in [-0.15, -0.1) is 11.3 Å². The van der Waals surface area contributed by atoms with Gasteiger partial charge in [-0.05, 0) is 47.9 Å². The summed E-state index contributed by atoms with van der Waals surface area (Å²) < 4.78 is 7.60. The quantitative estimate of drug-likeness (QED) is 0.198. The molecule has 0 aliphatic heterocycles. The van der Waals surface area contributed by atoms with Gasteiger partial charge in [0, 0.05) is 58.5 Å². The Balaban J connectivity index is 1.47. The van der Waals surface area contributed by atoms with Gasteiger partial charge in [-0.3, -0.25) is 0 Å². The lowest BCUT2D eigenvalue weighted by atomic mass is 9.99. The Morgan fingerprint density at radius 3 is 1.56 bits per heavy atom. The first-order valence-corrected chi connectivity index (χ1v) is 15.5. The van der Waals surface area contributed by atoms with Crippen molar-refractivity contribution in [2.24, 2.45) is 0 Å². The third kappa shape index (κ3) is 3.02. The van der Waals surface area contributed by atoms with Crippen molar-refractivity contribution in [3.63, 3.8) is 0 Å². The summed E-state index contributed by atoms with van der Waals surface area (Å²) in [5.41, 5.74) is 7.39. The molecule has 0 aliphatic rings. The molecule has 0 unspecified atom stereocenters. The summed E-state index contributed by atoms with van der Waals surface area (Å²) in [6, 6.07) is 53.0. The molecule has 3 heteroatoms. The van der Waals surface area contributed by atoms with Gasteiger partial charge >= 0.3 is 0 Å². The predicted octanol–water partition coefficient (Wildman–Crippen LogP) is 11.4. The van der Waals surface area contributed by atoms with E-state index in [4.69, 9.17) is 0 Å². The third-order valence-electron chi connectivity index (χ3n) is 9.07. The number of hydrogen-bond acceptors (Lipinski definition) is 1. The first-order chi connectivity index (χ1) is 21.4. The summed E-state index contributed by atoms with van der Waals surface area (Å²) in [4.78, 5) is 0. The van der Waals surface area contributed by atoms with Crippen molar-refractivity contribution in [1.29, 1.82) is 0 Å². The second-order valence-corrected chi connectivity index (χ2v) is 12.3. The highest BCUT2D eigenvalue weighted by atomic mass is 32.1. The van der Waals surface area contributed by atoms with E-state index in [2.05, 4.69) is 155 Å². The molecule has 0 radical (unpaired) electrons. The minimum absolute atomic E-state index is 1.19. The monoisotopic (exact) mass is 564 g/mol. The molecule has 0 N–H and O–H groups in total. The van der Waals surface area contributed by atoms with Crippen LogP contribution >= 0.6 is 11.3 Å². The zero-order chi connectivity index (χ0) is 28.1. The van der Waals surface area contributed by atoms with Gasteiger partial charge in [0.1, 0.15) is 0 Å². The summed E-state index contributed by atoms with van der Waals surface area (Å²) >= 11 is 1.96. The summed E-state index contributed by atoms with van der Waals surface area (Å²) in [5.74, 6) is 0. The molecule has 200 valence electrons. The third-order valence-corrected chi connectivity index (χ3v) is 10.3. The molecule has 10 rings (SSSR count). The molecule has 0 spiro atoms. The first kappa shape index (κ1) is 23.2. The maximum absolute atomic E-state index is 2.47. The molecule has 0 bridgehead atoms. The molecular weight excluding hydrogens is 541 g/mol. The standard InChI is InChI=1S/C40H24N2S/c1-3-13-25(14-4-1)41-32-21-11-9-19-29(32)36-34(41)24-23-31-35-27-17-7-8-18-28(27)38-37(40(35)43-39(31)36)30-20-10-12-22-33(30)42(38)26-15-5-2-6-16-26/h1-24H. The summed E-state index contributed by atoms with van der Waals surface area (Å²) in [5, 5.41) is 10.6. The number of hydrogen-bond donors (Lipinski definition) is 0. The molecule has 43 heavy (non-hydrogen) atoms. The lowest BCUT2D eigenvalue weighted by molar-refractivity contribution is 1.18. The fourth-order valence-electron chi connectivity index (χ4n) is 7.38. The Kier molecular flexibility index (Phi) is 4.63. The zero-order valence-corrected chi connectivity index (χ0v) is 24.0. The van der Waals surface area contributed by atoms with Gasteiger partial charge in [-0.1, -0.05) is 103 Å². The van der Waals surface area contributed by atoms with Gasteiger partial charge in [0.15, 0.2) is 0 Å². The smallest absolute Gasteiger partial charge is 0.0634 e. The number of benzene rings is 7. The van der Waals surface area contributed by atoms with Gasteiger partial charge in [-0.2, -0.15) is 0 Å². The van der Waals surface area contributed by atoms with Crippen LogP contribution in [0.25, 0.3) is 85.9 Å². The molecule has 0 atom stereocenters. The van der Waals surface area contributed by atoms with Crippen LogP contribution in [0.15, 0.2) is 146 Å². The Labute approximate surface area is 251 Å². The Hall–Kier alpha value is -5.38. The van der Waals surface area contributed by atoms with Crippen molar-refractivity contribution in [2.45, 2.75) is 0 Å². The lowest BCUT2D eigenvalue weighted by Gasteiger charge is -2.11. The highest BCUT2D eigenvalue weighted by molar-refractivity contribution is 7.28. The molecule has 10 aromatic rings. The predicted molar refractivity (Wildman–Crippen MR) is 186 cm³/mol. The van der Waals surface area contributed by atoms with Crippen LogP contribution in [0.1, 0.15) is 0 Å². The largest absolute Gasteiger partial charge is 0.309 e. The van der Waals surface area contributed by atoms with Gasteiger partial charge in [0.25, 0.3) is 0 Å². The first-order valence-electron chi connectivity index (χ1n) is 14.7. The van der Waals surface area contributed by atoms with Crippen molar-refractivity contribution in [3.05, 3.63) is 146 Å². The topological polar surface area (TPSA) is 9.86 Å². The lowest BCUT2D eigenvalue weighted by Crippen LogP contribution is -1.94. The molecule has 0 saturated carbocycles. The van der Waals surface area contributed by atoms with Crippen molar-refractivity contribution >= 4 is 85.9 Å². The van der Waals surface area contributed by atoms with Crippen LogP contribution in [0, 0.1) is 0 Å². The van der Waals surface area contributed by atoms with Crippen LogP contribution < -0.4 is 0 Å². The molecule has 0 aliphatic carbocycles. The molecule has 7 aromatic carbocycles. The average molecular weight is 565 g/mol. The van der Waals surface area contributed by atoms with E-state index in [0.29, 0.717) is 0 Å². The van der Waals surface area contributed by atoms with Gasteiger partial charge in [0.05, 0.1) is 22.1 Å². The number of para-hydroxylation sites is 4. The molecular formula is C40H24N2S. The summed E-state index contributed by atoms with van der Waals surface area (Å²) in [6.45, 7) is 0. The number of fused-ring (bicyclic) bond motifs is 14. The van der Waals surface area contributed by atoms with Crippen LogP contribution in [-0.2, 0) is 0 Å². The van der Waals surface area contributed by atoms with E-state index in [1.54, 1.807) is 0 Å². The Bertz CT molecular complexity index is 2710. The Morgan fingerprint density at radius 1 is 0.326 bits per heavy atom. The normalized spacial score (nSPS) is 12.2. The molecule has 0 fully saturated rings. The summed E-state index contributed by atoms with van der Waals surface area (Å²) in [6.07, 6.45) is 0. The molecule has 3 aromatic heterocycles. The minimum atomic E-state index is 1.19. The van der Waals surface area contributed by atoms with Crippen LogP contribution in [0.3, 0.4) is 0 Å². The van der Waals surface area contributed by atoms with Crippen molar-refractivity contribution < 1.29 is 0 Å². The average Bonchev–Trinajstić information content (AvgIpc) is 3.74. The van der Waals surface area contributed by atoms with Crippen LogP contribution in [0.5, 0.6) is 0 Å². The van der Waals surface area contributed by atoms with Crippen LogP contribution in [0.4, 0.5) is 0 Å². The SMILES string of the molecule is c1ccc(-n2c3ccccc3c3c4sc5c(c6ccccc6c6c5c5ccccc5n6-c5ccccc5)c4ccc32)cc1. The van der Waals surface area contributed by atoms with Crippen molar-refractivity contribution in [2.75, 3.05) is 0 Å². The van der Waals surface area contributed by atoms with E-state index in [1.807, 2.05) is 11.3 Å². The number of nitrogens with zero attached hydrogens (tertiary/aromatic N) is 2. The van der Waals surface area contributed by atoms with Crippen molar-refractivity contribution in [1.82, 2.24) is 9.13 Å². The fourth-order valence-corrected chi connectivity index (χ4v) is 8.81. The molecule has 2 nitrogen and oxygen atoms in total.